The van der Waals surface area contributed by atoms with E-state index in [4.69, 9.17) is 11.6 Å². The molecule has 11 heavy (non-hydrogen) atoms. The van der Waals surface area contributed by atoms with E-state index in [-0.39, 0.29) is 11.3 Å². The van der Waals surface area contributed by atoms with Gasteiger partial charge in [-0.15, -0.1) is 11.6 Å². The fourth-order valence-electron chi connectivity index (χ4n) is 1.37. The number of carbonyl (C=O) groups is 1. The molecule has 1 aliphatic rings. The number of halogens is 1. The number of hydrogen-bond donors (Lipinski definition) is 0. The summed E-state index contributed by atoms with van der Waals surface area (Å²) >= 11 is 5.67. The topological polar surface area (TPSA) is 20.3 Å². The van der Waals surface area contributed by atoms with Crippen molar-refractivity contribution in [3.05, 3.63) is 0 Å². The fourth-order valence-corrected chi connectivity index (χ4v) is 1.50. The zero-order valence-electron chi connectivity index (χ0n) is 6.85. The molecule has 1 heterocycles. The van der Waals surface area contributed by atoms with Crippen molar-refractivity contribution >= 4 is 17.5 Å². The first kappa shape index (κ1) is 8.85. The van der Waals surface area contributed by atoms with Crippen LogP contribution in [0.15, 0.2) is 0 Å². The lowest BCUT2D eigenvalue weighted by molar-refractivity contribution is -0.131. The molecule has 0 N–H and O–H groups in total. The van der Waals surface area contributed by atoms with Crippen molar-refractivity contribution < 1.29 is 4.79 Å². The van der Waals surface area contributed by atoms with Crippen LogP contribution < -0.4 is 0 Å². The Morgan fingerprint density at radius 3 is 2.36 bits per heavy atom. The van der Waals surface area contributed by atoms with Crippen molar-refractivity contribution in [2.75, 3.05) is 13.1 Å². The number of piperidine rings is 1. The van der Waals surface area contributed by atoms with Crippen molar-refractivity contribution in [2.45, 2.75) is 31.6 Å². The normalized spacial score (nSPS) is 21.5. The highest BCUT2D eigenvalue weighted by Gasteiger charge is 2.19. The van der Waals surface area contributed by atoms with Crippen LogP contribution in [-0.4, -0.2) is 29.3 Å². The summed E-state index contributed by atoms with van der Waals surface area (Å²) in [5.41, 5.74) is 0. The van der Waals surface area contributed by atoms with Gasteiger partial charge < -0.3 is 4.90 Å². The zero-order valence-corrected chi connectivity index (χ0v) is 7.60. The summed E-state index contributed by atoms with van der Waals surface area (Å²) in [5.74, 6) is 0.0892. The molecule has 0 aromatic heterocycles. The van der Waals surface area contributed by atoms with Gasteiger partial charge >= 0.3 is 0 Å². The summed E-state index contributed by atoms with van der Waals surface area (Å²) in [4.78, 5) is 13.2. The molecule has 0 saturated carbocycles. The average Bonchev–Trinajstić information content (AvgIpc) is 2.05. The van der Waals surface area contributed by atoms with E-state index >= 15 is 0 Å². The summed E-state index contributed by atoms with van der Waals surface area (Å²) < 4.78 is 0. The lowest BCUT2D eigenvalue weighted by Gasteiger charge is -2.27. The molecule has 0 spiro atoms. The minimum atomic E-state index is -0.354. The summed E-state index contributed by atoms with van der Waals surface area (Å²) in [7, 11) is 0. The molecule has 1 aliphatic heterocycles. The lowest BCUT2D eigenvalue weighted by Crippen LogP contribution is -2.39. The van der Waals surface area contributed by atoms with Gasteiger partial charge in [0, 0.05) is 13.1 Å². The predicted octanol–water partition coefficient (Wildman–Crippen LogP) is 1.63. The van der Waals surface area contributed by atoms with Crippen LogP contribution in [0.5, 0.6) is 0 Å². The van der Waals surface area contributed by atoms with Crippen LogP contribution in [0.4, 0.5) is 0 Å². The highest BCUT2D eigenvalue weighted by atomic mass is 35.5. The molecule has 3 heteroatoms. The minimum absolute atomic E-state index is 0.0892. The van der Waals surface area contributed by atoms with Crippen molar-refractivity contribution in [1.29, 1.82) is 0 Å². The first-order valence-electron chi connectivity index (χ1n) is 4.14. The van der Waals surface area contributed by atoms with E-state index in [0.29, 0.717) is 0 Å². The number of rotatable bonds is 1. The van der Waals surface area contributed by atoms with E-state index in [1.165, 1.54) is 6.42 Å². The molecule has 1 atom stereocenters. The maximum atomic E-state index is 11.3. The Bertz CT molecular complexity index is 141. The van der Waals surface area contributed by atoms with E-state index in [1.54, 1.807) is 6.92 Å². The summed E-state index contributed by atoms with van der Waals surface area (Å²) in [6.07, 6.45) is 3.52. The molecular formula is C8H14ClNO. The quantitative estimate of drug-likeness (QED) is 0.555. The predicted molar refractivity (Wildman–Crippen MR) is 45.7 cm³/mol. The van der Waals surface area contributed by atoms with Gasteiger partial charge in [0.2, 0.25) is 5.91 Å². The first-order valence-corrected chi connectivity index (χ1v) is 4.58. The molecule has 0 radical (unpaired) electrons. The molecule has 1 fully saturated rings. The summed E-state index contributed by atoms with van der Waals surface area (Å²) in [6.45, 7) is 3.53. The molecule has 64 valence electrons. The monoisotopic (exact) mass is 175 g/mol. The molecule has 0 unspecified atom stereocenters. The largest absolute Gasteiger partial charge is 0.341 e. The maximum Gasteiger partial charge on any atom is 0.240 e. The summed E-state index contributed by atoms with van der Waals surface area (Å²) in [6, 6.07) is 0. The van der Waals surface area contributed by atoms with E-state index in [0.717, 1.165) is 25.9 Å². The standard InChI is InChI=1S/C8H14ClNO/c1-7(9)8(11)10-5-3-2-4-6-10/h7H,2-6H2,1H3/t7-/m0/s1. The van der Waals surface area contributed by atoms with Gasteiger partial charge in [-0.2, -0.15) is 0 Å². The van der Waals surface area contributed by atoms with Gasteiger partial charge in [-0.25, -0.2) is 0 Å². The molecule has 0 aromatic carbocycles. The van der Waals surface area contributed by atoms with Crippen LogP contribution >= 0.6 is 11.6 Å². The van der Waals surface area contributed by atoms with E-state index < -0.39 is 0 Å². The van der Waals surface area contributed by atoms with Crippen LogP contribution in [0.1, 0.15) is 26.2 Å². The highest BCUT2D eigenvalue weighted by molar-refractivity contribution is 6.30. The van der Waals surface area contributed by atoms with E-state index in [1.807, 2.05) is 4.90 Å². The van der Waals surface area contributed by atoms with Crippen LogP contribution in [0, 0.1) is 0 Å². The number of alkyl halides is 1. The Balaban J connectivity index is 2.39. The molecule has 1 rings (SSSR count). The number of amides is 1. The second-order valence-corrected chi connectivity index (χ2v) is 3.66. The second-order valence-electron chi connectivity index (χ2n) is 3.00. The highest BCUT2D eigenvalue weighted by Crippen LogP contribution is 2.11. The molecule has 2 nitrogen and oxygen atoms in total. The molecule has 1 amide bonds. The Labute approximate surface area is 72.5 Å². The van der Waals surface area contributed by atoms with Crippen LogP contribution in [0.3, 0.4) is 0 Å². The molecule has 0 aliphatic carbocycles. The van der Waals surface area contributed by atoms with Gasteiger partial charge in [-0.05, 0) is 26.2 Å². The van der Waals surface area contributed by atoms with Crippen molar-refractivity contribution in [1.82, 2.24) is 4.90 Å². The third-order valence-corrected chi connectivity index (χ3v) is 2.19. The van der Waals surface area contributed by atoms with Gasteiger partial charge in [0.05, 0.1) is 0 Å². The number of nitrogens with zero attached hydrogens (tertiary/aromatic N) is 1. The lowest BCUT2D eigenvalue weighted by atomic mass is 10.1. The Morgan fingerprint density at radius 1 is 1.36 bits per heavy atom. The van der Waals surface area contributed by atoms with Gasteiger partial charge in [-0.3, -0.25) is 4.79 Å². The molecule has 1 saturated heterocycles. The van der Waals surface area contributed by atoms with Crippen molar-refractivity contribution in [3.63, 3.8) is 0 Å². The van der Waals surface area contributed by atoms with Gasteiger partial charge in [-0.1, -0.05) is 0 Å². The smallest absolute Gasteiger partial charge is 0.240 e. The van der Waals surface area contributed by atoms with Gasteiger partial charge in [0.25, 0.3) is 0 Å². The third-order valence-electron chi connectivity index (χ3n) is 2.01. The van der Waals surface area contributed by atoms with E-state index in [9.17, 15) is 4.79 Å². The number of carbonyl (C=O) groups excluding carboxylic acids is 1. The summed E-state index contributed by atoms with van der Waals surface area (Å²) in [5, 5.41) is -0.354. The Kier molecular flexibility index (Phi) is 3.18. The van der Waals surface area contributed by atoms with Gasteiger partial charge in [0.1, 0.15) is 5.38 Å². The maximum absolute atomic E-state index is 11.3. The first-order chi connectivity index (χ1) is 5.22. The minimum Gasteiger partial charge on any atom is -0.341 e. The van der Waals surface area contributed by atoms with E-state index in [2.05, 4.69) is 0 Å². The third kappa shape index (κ3) is 2.37. The molecule has 0 aromatic rings. The number of likely N-dealkylation sites (tertiary alicyclic amines) is 1. The molecular weight excluding hydrogens is 162 g/mol. The van der Waals surface area contributed by atoms with Crippen LogP contribution in [-0.2, 0) is 4.79 Å². The Hall–Kier alpha value is -0.240. The zero-order chi connectivity index (χ0) is 8.27. The SMILES string of the molecule is C[C@H](Cl)C(=O)N1CCCCC1. The average molecular weight is 176 g/mol. The van der Waals surface area contributed by atoms with Crippen LogP contribution in [0.2, 0.25) is 0 Å². The Morgan fingerprint density at radius 2 is 1.91 bits per heavy atom. The fraction of sp³-hybridized carbons (Fsp3) is 0.875. The van der Waals surface area contributed by atoms with Crippen molar-refractivity contribution in [2.24, 2.45) is 0 Å². The molecule has 0 bridgehead atoms. The second kappa shape index (κ2) is 3.96. The van der Waals surface area contributed by atoms with Crippen molar-refractivity contribution in [3.8, 4) is 0 Å². The number of hydrogen-bond acceptors (Lipinski definition) is 1. The van der Waals surface area contributed by atoms with Crippen LogP contribution in [0.25, 0.3) is 0 Å². The van der Waals surface area contributed by atoms with Gasteiger partial charge in [0.15, 0.2) is 0 Å².